The average Bonchev–Trinajstić information content (AvgIpc) is 3.71. The number of hydrogen-bond donors (Lipinski definition) is 2. The maximum absolute atomic E-state index is 17.0. The first-order valence-corrected chi connectivity index (χ1v) is 26.4. The minimum Gasteiger partial charge on any atom is -0.491 e. The molecule has 11 rings (SSSR count). The number of carbonyl (C=O) groups excluding carboxylic acids is 4. The Hall–Kier alpha value is -8.68. The van der Waals surface area contributed by atoms with Gasteiger partial charge < -0.3 is 29.7 Å². The van der Waals surface area contributed by atoms with Crippen molar-refractivity contribution in [2.24, 2.45) is 5.92 Å². The van der Waals surface area contributed by atoms with E-state index in [2.05, 4.69) is 44.2 Å². The number of rotatable bonds is 13. The zero-order valence-corrected chi connectivity index (χ0v) is 43.5. The Kier molecular flexibility index (Phi) is 14.8. The molecule has 78 heavy (non-hydrogen) atoms. The maximum atomic E-state index is 17.0. The number of morpholine rings is 1. The van der Waals surface area contributed by atoms with Crippen molar-refractivity contribution >= 4 is 35.5 Å². The minimum absolute atomic E-state index is 0.0142. The van der Waals surface area contributed by atoms with E-state index in [-0.39, 0.29) is 32.0 Å². The van der Waals surface area contributed by atoms with E-state index >= 15 is 19.2 Å². The van der Waals surface area contributed by atoms with E-state index in [9.17, 15) is 5.11 Å². The first-order chi connectivity index (χ1) is 38.1. The fourth-order valence-corrected chi connectivity index (χ4v) is 12.0. The summed E-state index contributed by atoms with van der Waals surface area (Å²) in [6.45, 7) is 3.85. The molecule has 0 saturated carbocycles. The van der Waals surface area contributed by atoms with Crippen LogP contribution < -0.4 is 19.9 Å². The Morgan fingerprint density at radius 2 is 1.44 bits per heavy atom. The second-order valence-electron chi connectivity index (χ2n) is 20.2. The molecular weight excluding hydrogens is 981 g/mol. The van der Waals surface area contributed by atoms with Crippen LogP contribution in [0.5, 0.6) is 5.75 Å². The number of benzene rings is 6. The number of fused-ring (bicyclic) bond motifs is 3. The van der Waals surface area contributed by atoms with Crippen LogP contribution in [0.4, 0.5) is 16.4 Å². The largest absolute Gasteiger partial charge is 0.491 e. The number of piperazine rings is 1. The van der Waals surface area contributed by atoms with Gasteiger partial charge in [-0.15, -0.1) is 0 Å². The van der Waals surface area contributed by atoms with Gasteiger partial charge in [0.2, 0.25) is 17.8 Å². The van der Waals surface area contributed by atoms with Gasteiger partial charge in [-0.25, -0.2) is 19.7 Å². The van der Waals surface area contributed by atoms with Crippen molar-refractivity contribution < 1.29 is 33.8 Å². The lowest BCUT2D eigenvalue weighted by Crippen LogP contribution is -2.59. The number of amides is 4. The lowest BCUT2D eigenvalue weighted by molar-refractivity contribution is -0.179. The summed E-state index contributed by atoms with van der Waals surface area (Å²) in [5, 5.41) is 13.1. The molecule has 2 N–H and O–H groups in total. The number of nitrogens with zero attached hydrogens (tertiary/aromatic N) is 7. The third-order valence-electron chi connectivity index (χ3n) is 15.4. The van der Waals surface area contributed by atoms with Crippen molar-refractivity contribution in [1.82, 2.24) is 30.0 Å². The summed E-state index contributed by atoms with van der Waals surface area (Å²) in [5.41, 5.74) is 3.14. The zero-order chi connectivity index (χ0) is 53.8. The number of aromatic nitrogens is 2. The van der Waals surface area contributed by atoms with E-state index < -0.39 is 65.4 Å². The van der Waals surface area contributed by atoms with Gasteiger partial charge in [-0.3, -0.25) is 24.2 Å². The molecule has 0 aliphatic carbocycles. The van der Waals surface area contributed by atoms with Crippen LogP contribution in [0.3, 0.4) is 0 Å². The van der Waals surface area contributed by atoms with Gasteiger partial charge >= 0.3 is 12.0 Å². The number of cyclic esters (lactones) is 1. The highest BCUT2D eigenvalue weighted by atomic mass is 16.6. The summed E-state index contributed by atoms with van der Waals surface area (Å²) in [7, 11) is 2.00. The number of aliphatic hydroxyl groups excluding tert-OH is 1. The first-order valence-electron chi connectivity index (χ1n) is 26.4. The summed E-state index contributed by atoms with van der Waals surface area (Å²) in [5.74, 6) is 4.35. The molecule has 15 heteroatoms. The third-order valence-corrected chi connectivity index (χ3v) is 15.4. The minimum atomic E-state index is -2.01. The number of nitrogens with one attached hydrogen (secondary N) is 1. The highest BCUT2D eigenvalue weighted by molar-refractivity contribution is 6.24. The van der Waals surface area contributed by atoms with Gasteiger partial charge in [-0.05, 0) is 83.8 Å². The van der Waals surface area contributed by atoms with Gasteiger partial charge in [-0.2, -0.15) is 0 Å². The second-order valence-corrected chi connectivity index (χ2v) is 20.2. The Labute approximate surface area is 454 Å². The van der Waals surface area contributed by atoms with Crippen molar-refractivity contribution in [2.45, 2.75) is 49.2 Å². The number of carbonyl (C=O) groups is 4. The molecule has 0 bridgehead atoms. The van der Waals surface area contributed by atoms with E-state index in [0.717, 1.165) is 16.7 Å². The van der Waals surface area contributed by atoms with Gasteiger partial charge in [0.1, 0.15) is 29.9 Å². The Bertz CT molecular complexity index is 3340. The van der Waals surface area contributed by atoms with Gasteiger partial charge in [0.05, 0.1) is 42.9 Å². The SMILES string of the molecule is CC(NC(=O)N1C(=O)C2(c3cc(C#CCN(C)Cc4ccccc4)ccc31)C(C(=O)N1CCN(c3ncccn3)CC1)C1C(=O)OC(c3ccccc3)C(c3ccccc3)N1C2c1cccc(OCCO)c1)c1ccccc1. The molecule has 7 unspecified atom stereocenters. The smallest absolute Gasteiger partial charge is 0.329 e. The average molecular weight is 1040 g/mol. The monoisotopic (exact) mass is 1040 g/mol. The van der Waals surface area contributed by atoms with E-state index in [1.807, 2.05) is 151 Å². The molecule has 4 aliphatic heterocycles. The first kappa shape index (κ1) is 51.4. The molecule has 1 aromatic heterocycles. The van der Waals surface area contributed by atoms with E-state index in [1.54, 1.807) is 47.6 Å². The summed E-state index contributed by atoms with van der Waals surface area (Å²) < 4.78 is 12.9. The molecule has 394 valence electrons. The van der Waals surface area contributed by atoms with Crippen molar-refractivity contribution in [1.29, 1.82) is 0 Å². The number of esters is 1. The van der Waals surface area contributed by atoms with Gasteiger partial charge in [0.15, 0.2) is 0 Å². The number of urea groups is 1. The number of ether oxygens (including phenoxy) is 2. The lowest BCUT2D eigenvalue weighted by Gasteiger charge is -2.46. The van der Waals surface area contributed by atoms with Crippen LogP contribution in [-0.2, 0) is 31.1 Å². The third kappa shape index (κ3) is 9.74. The predicted molar refractivity (Wildman–Crippen MR) is 295 cm³/mol. The van der Waals surface area contributed by atoms with Crippen molar-refractivity contribution in [3.63, 3.8) is 0 Å². The molecule has 3 fully saturated rings. The van der Waals surface area contributed by atoms with Crippen LogP contribution in [0.15, 0.2) is 182 Å². The highest BCUT2D eigenvalue weighted by Gasteiger charge is 2.76. The molecule has 1 spiro atoms. The van der Waals surface area contributed by atoms with Crippen molar-refractivity contribution in [3.05, 3.63) is 221 Å². The highest BCUT2D eigenvalue weighted by Crippen LogP contribution is 2.66. The van der Waals surface area contributed by atoms with Crippen molar-refractivity contribution in [2.75, 3.05) is 62.8 Å². The molecule has 7 atom stereocenters. The number of anilines is 2. The lowest BCUT2D eigenvalue weighted by atomic mass is 9.64. The topological polar surface area (TPSA) is 161 Å². The van der Waals surface area contributed by atoms with E-state index in [4.69, 9.17) is 9.47 Å². The van der Waals surface area contributed by atoms with Gasteiger partial charge in [0, 0.05) is 50.7 Å². The van der Waals surface area contributed by atoms with Crippen LogP contribution in [0, 0.1) is 17.8 Å². The summed E-state index contributed by atoms with van der Waals surface area (Å²) >= 11 is 0. The van der Waals surface area contributed by atoms with Crippen LogP contribution in [0.1, 0.15) is 70.1 Å². The molecule has 0 radical (unpaired) electrons. The van der Waals surface area contributed by atoms with Crippen LogP contribution in [-0.4, -0.2) is 113 Å². The summed E-state index contributed by atoms with van der Waals surface area (Å²) in [6.07, 6.45) is 2.43. The number of aliphatic hydroxyl groups is 1. The van der Waals surface area contributed by atoms with E-state index in [0.29, 0.717) is 60.1 Å². The van der Waals surface area contributed by atoms with Gasteiger partial charge in [0.25, 0.3) is 0 Å². The molecule has 4 aliphatic rings. The van der Waals surface area contributed by atoms with Crippen LogP contribution in [0.25, 0.3) is 0 Å². The fourth-order valence-electron chi connectivity index (χ4n) is 12.0. The summed E-state index contributed by atoms with van der Waals surface area (Å²) in [6, 6.07) is 48.6. The standard InChI is InChI=1S/C63H60N8O7/c1-43(46-21-9-4-10-22-46)66-62(76)70-52-30-29-44(20-16-33-67(2)42-45-18-7-3-8-19-45)40-51(52)63(60(70)75)53(58(73)68-34-36-69(37-35-68)61-64-31-17-32-65-61)55-59(74)78-56(48-25-13-6-14-26-48)54(47-23-11-5-12-24-47)71(55)57(63)49-27-15-28-50(41-49)77-39-38-72/h3-15,17-19,21-32,40-41,43,53-57,72H,33-39,42H2,1-2H3,(H,66,76). The molecule has 4 amide bonds. The van der Waals surface area contributed by atoms with Crippen LogP contribution >= 0.6 is 0 Å². The fraction of sp³-hybridized carbons (Fsp3) is 0.270. The molecule has 7 aromatic rings. The Morgan fingerprint density at radius 1 is 0.782 bits per heavy atom. The number of hydrogen-bond acceptors (Lipinski definition) is 12. The van der Waals surface area contributed by atoms with Crippen LogP contribution in [0.2, 0.25) is 0 Å². The zero-order valence-electron chi connectivity index (χ0n) is 43.5. The number of imide groups is 1. The quantitative estimate of drug-likeness (QED) is 0.0853. The molecule has 3 saturated heterocycles. The van der Waals surface area contributed by atoms with E-state index in [1.165, 1.54) is 4.90 Å². The second kappa shape index (κ2) is 22.5. The molecule has 6 aromatic carbocycles. The molecule has 15 nitrogen and oxygen atoms in total. The summed E-state index contributed by atoms with van der Waals surface area (Å²) in [4.78, 5) is 82.8. The maximum Gasteiger partial charge on any atom is 0.329 e. The Morgan fingerprint density at radius 3 is 2.13 bits per heavy atom. The normalized spacial score (nSPS) is 22.1. The van der Waals surface area contributed by atoms with Gasteiger partial charge in [-0.1, -0.05) is 145 Å². The predicted octanol–water partition coefficient (Wildman–Crippen LogP) is 7.82. The molecular formula is C63H60N8O7. The molecule has 5 heterocycles. The van der Waals surface area contributed by atoms with Crippen molar-refractivity contribution in [3.8, 4) is 17.6 Å². The Balaban J connectivity index is 1.14.